The van der Waals surface area contributed by atoms with Crippen LogP contribution in [0.3, 0.4) is 0 Å². The molecule has 0 amide bonds. The quantitative estimate of drug-likeness (QED) is 0.801. The summed E-state index contributed by atoms with van der Waals surface area (Å²) < 4.78 is 1.89. The number of thiazole rings is 1. The molecule has 0 radical (unpaired) electrons. The van der Waals surface area contributed by atoms with Crippen LogP contribution in [-0.2, 0) is 12.0 Å². The first-order valence-electron chi connectivity index (χ1n) is 5.35. The van der Waals surface area contributed by atoms with Crippen molar-refractivity contribution in [3.05, 3.63) is 20.7 Å². The monoisotopic (exact) mass is 228 g/mol. The Labute approximate surface area is 94.9 Å². The van der Waals surface area contributed by atoms with Crippen LogP contribution in [0.4, 0.5) is 0 Å². The third-order valence-electron chi connectivity index (χ3n) is 2.39. The Kier molecular flexibility index (Phi) is 4.11. The highest BCUT2D eigenvalue weighted by Crippen LogP contribution is 2.22. The maximum absolute atomic E-state index is 11.6. The van der Waals surface area contributed by atoms with Crippen LogP contribution in [-0.4, -0.2) is 11.1 Å². The lowest BCUT2D eigenvalue weighted by Gasteiger charge is -2.20. The van der Waals surface area contributed by atoms with Gasteiger partial charge in [0.05, 0.1) is 0 Å². The Hall–Kier alpha value is -0.610. The average Bonchev–Trinajstić information content (AvgIpc) is 2.48. The molecule has 0 bridgehead atoms. The molecule has 1 rings (SSSR count). The SMILES string of the molecule is CC(C)(C)c1csc(=O)n1CCCCN. The van der Waals surface area contributed by atoms with E-state index < -0.39 is 0 Å². The highest BCUT2D eigenvalue weighted by molar-refractivity contribution is 7.07. The van der Waals surface area contributed by atoms with Gasteiger partial charge >= 0.3 is 4.87 Å². The number of unbranched alkanes of at least 4 members (excludes halogenated alkanes) is 1. The Morgan fingerprint density at radius 1 is 1.40 bits per heavy atom. The van der Waals surface area contributed by atoms with Gasteiger partial charge in [-0.15, -0.1) is 0 Å². The zero-order valence-corrected chi connectivity index (χ0v) is 10.6. The fourth-order valence-electron chi connectivity index (χ4n) is 1.54. The van der Waals surface area contributed by atoms with Crippen molar-refractivity contribution >= 4 is 11.3 Å². The molecule has 0 saturated heterocycles. The molecule has 0 aliphatic carbocycles. The van der Waals surface area contributed by atoms with Gasteiger partial charge in [-0.3, -0.25) is 4.79 Å². The number of hydrogen-bond acceptors (Lipinski definition) is 3. The Morgan fingerprint density at radius 2 is 2.07 bits per heavy atom. The molecule has 0 aromatic carbocycles. The van der Waals surface area contributed by atoms with E-state index in [1.165, 1.54) is 11.3 Å². The minimum absolute atomic E-state index is 0.0435. The average molecular weight is 228 g/mol. The summed E-state index contributed by atoms with van der Waals surface area (Å²) in [6.07, 6.45) is 1.96. The van der Waals surface area contributed by atoms with Crippen molar-refractivity contribution in [3.63, 3.8) is 0 Å². The third-order valence-corrected chi connectivity index (χ3v) is 3.15. The fraction of sp³-hybridized carbons (Fsp3) is 0.727. The van der Waals surface area contributed by atoms with Gasteiger partial charge in [-0.25, -0.2) is 0 Å². The molecule has 0 aliphatic heterocycles. The van der Waals surface area contributed by atoms with Crippen LogP contribution in [0.5, 0.6) is 0 Å². The molecule has 3 nitrogen and oxygen atoms in total. The third kappa shape index (κ3) is 3.18. The van der Waals surface area contributed by atoms with E-state index >= 15 is 0 Å². The molecule has 0 saturated carbocycles. The maximum Gasteiger partial charge on any atom is 0.307 e. The number of nitrogens with zero attached hydrogens (tertiary/aromatic N) is 1. The van der Waals surface area contributed by atoms with Gasteiger partial charge < -0.3 is 10.3 Å². The first-order chi connectivity index (χ1) is 6.96. The summed E-state index contributed by atoms with van der Waals surface area (Å²) in [6.45, 7) is 7.89. The molecule has 0 unspecified atom stereocenters. The molecule has 0 fully saturated rings. The number of hydrogen-bond donors (Lipinski definition) is 1. The topological polar surface area (TPSA) is 48.0 Å². The van der Waals surface area contributed by atoms with Crippen LogP contribution in [0.2, 0.25) is 0 Å². The highest BCUT2D eigenvalue weighted by atomic mass is 32.1. The second-order valence-electron chi connectivity index (χ2n) is 4.78. The maximum atomic E-state index is 11.6. The molecule has 0 spiro atoms. The van der Waals surface area contributed by atoms with E-state index in [0.717, 1.165) is 25.1 Å². The molecule has 86 valence electrons. The minimum atomic E-state index is 0.0435. The number of aromatic nitrogens is 1. The van der Waals surface area contributed by atoms with Crippen LogP contribution < -0.4 is 10.6 Å². The zero-order chi connectivity index (χ0) is 11.5. The van der Waals surface area contributed by atoms with Crippen molar-refractivity contribution in [2.75, 3.05) is 6.54 Å². The standard InChI is InChI=1S/C11H20N2OS/c1-11(2,3)9-8-15-10(14)13(9)7-5-4-6-12/h8H,4-7,12H2,1-3H3. The lowest BCUT2D eigenvalue weighted by molar-refractivity contribution is 0.496. The van der Waals surface area contributed by atoms with E-state index in [1.807, 2.05) is 9.95 Å². The van der Waals surface area contributed by atoms with Crippen molar-refractivity contribution in [1.29, 1.82) is 0 Å². The molecule has 1 aromatic rings. The van der Waals surface area contributed by atoms with Crippen LogP contribution in [0.25, 0.3) is 0 Å². The second-order valence-corrected chi connectivity index (χ2v) is 5.60. The van der Waals surface area contributed by atoms with Crippen molar-refractivity contribution in [3.8, 4) is 0 Å². The Morgan fingerprint density at radius 3 is 2.60 bits per heavy atom. The van der Waals surface area contributed by atoms with Crippen molar-refractivity contribution in [2.24, 2.45) is 5.73 Å². The summed E-state index contributed by atoms with van der Waals surface area (Å²) in [4.78, 5) is 11.8. The minimum Gasteiger partial charge on any atom is -0.330 e. The smallest absolute Gasteiger partial charge is 0.307 e. The van der Waals surface area contributed by atoms with E-state index in [-0.39, 0.29) is 10.3 Å². The summed E-state index contributed by atoms with van der Waals surface area (Å²) in [5.41, 5.74) is 6.62. The number of nitrogens with two attached hydrogens (primary N) is 1. The predicted octanol–water partition coefficient (Wildman–Crippen LogP) is 1.95. The molecule has 1 heterocycles. The first-order valence-corrected chi connectivity index (χ1v) is 6.23. The fourth-order valence-corrected chi connectivity index (χ4v) is 2.55. The van der Waals surface area contributed by atoms with Crippen LogP contribution in [0.15, 0.2) is 10.2 Å². The zero-order valence-electron chi connectivity index (χ0n) is 9.75. The largest absolute Gasteiger partial charge is 0.330 e. The summed E-state index contributed by atoms with van der Waals surface area (Å²) >= 11 is 1.29. The van der Waals surface area contributed by atoms with Gasteiger partial charge in [0.25, 0.3) is 0 Å². The molecule has 2 N–H and O–H groups in total. The lowest BCUT2D eigenvalue weighted by Crippen LogP contribution is -2.24. The normalized spacial score (nSPS) is 12.0. The molecular weight excluding hydrogens is 208 g/mol. The van der Waals surface area contributed by atoms with Crippen LogP contribution in [0.1, 0.15) is 39.3 Å². The Bertz CT molecular complexity index is 359. The predicted molar refractivity (Wildman–Crippen MR) is 65.6 cm³/mol. The van der Waals surface area contributed by atoms with Crippen molar-refractivity contribution in [2.45, 2.75) is 45.6 Å². The molecule has 0 aliphatic rings. The van der Waals surface area contributed by atoms with E-state index in [1.54, 1.807) is 0 Å². The van der Waals surface area contributed by atoms with Crippen molar-refractivity contribution in [1.82, 2.24) is 4.57 Å². The number of rotatable bonds is 4. The highest BCUT2D eigenvalue weighted by Gasteiger charge is 2.19. The van der Waals surface area contributed by atoms with E-state index in [2.05, 4.69) is 20.8 Å². The first kappa shape index (κ1) is 12.5. The van der Waals surface area contributed by atoms with Gasteiger partial charge in [0.2, 0.25) is 0 Å². The molecule has 4 heteroatoms. The molecule has 0 atom stereocenters. The van der Waals surface area contributed by atoms with E-state index in [9.17, 15) is 4.79 Å². The summed E-state index contributed by atoms with van der Waals surface area (Å²) in [5, 5.41) is 1.98. The van der Waals surface area contributed by atoms with Gasteiger partial charge in [0.1, 0.15) is 0 Å². The van der Waals surface area contributed by atoms with Gasteiger partial charge in [-0.1, -0.05) is 32.1 Å². The molecule has 1 aromatic heterocycles. The lowest BCUT2D eigenvalue weighted by atomic mass is 9.93. The molecule has 15 heavy (non-hydrogen) atoms. The van der Waals surface area contributed by atoms with Crippen LogP contribution in [0, 0.1) is 0 Å². The van der Waals surface area contributed by atoms with E-state index in [0.29, 0.717) is 6.54 Å². The summed E-state index contributed by atoms with van der Waals surface area (Å²) in [6, 6.07) is 0. The van der Waals surface area contributed by atoms with Gasteiger partial charge in [0.15, 0.2) is 0 Å². The van der Waals surface area contributed by atoms with Gasteiger partial charge in [0, 0.05) is 23.0 Å². The summed E-state index contributed by atoms with van der Waals surface area (Å²) in [7, 11) is 0. The van der Waals surface area contributed by atoms with E-state index in [4.69, 9.17) is 5.73 Å². The van der Waals surface area contributed by atoms with Gasteiger partial charge in [-0.2, -0.15) is 0 Å². The Balaban J connectivity index is 2.85. The summed E-state index contributed by atoms with van der Waals surface area (Å²) in [5.74, 6) is 0. The van der Waals surface area contributed by atoms with Crippen molar-refractivity contribution < 1.29 is 0 Å². The second kappa shape index (κ2) is 4.94. The van der Waals surface area contributed by atoms with Crippen LogP contribution >= 0.6 is 11.3 Å². The van der Waals surface area contributed by atoms with Gasteiger partial charge in [-0.05, 0) is 19.4 Å². The molecular formula is C11H20N2OS.